The summed E-state index contributed by atoms with van der Waals surface area (Å²) in [6.45, 7) is 3.26. The van der Waals surface area contributed by atoms with Gasteiger partial charge >= 0.3 is 0 Å². The van der Waals surface area contributed by atoms with Gasteiger partial charge in [-0.15, -0.1) is 10.2 Å². The molecule has 1 aromatic heterocycles. The zero-order chi connectivity index (χ0) is 13.1. The summed E-state index contributed by atoms with van der Waals surface area (Å²) < 4.78 is 0. The van der Waals surface area contributed by atoms with Crippen LogP contribution in [0.4, 0.5) is 0 Å². The van der Waals surface area contributed by atoms with E-state index in [9.17, 15) is 4.79 Å². The lowest BCUT2D eigenvalue weighted by atomic mass is 10.2. The number of hydrogen-bond donors (Lipinski definition) is 0. The Morgan fingerprint density at radius 3 is 2.78 bits per heavy atom. The topological polar surface area (TPSA) is 49.3 Å². The molecular weight excluding hydrogens is 275 g/mol. The number of rotatable bonds is 1. The molecule has 1 amide bonds. The Bertz CT molecular complexity index is 455. The fourth-order valence-corrected chi connectivity index (χ4v) is 2.24. The highest BCUT2D eigenvalue weighted by Gasteiger charge is 2.22. The van der Waals surface area contributed by atoms with E-state index in [0.29, 0.717) is 12.1 Å². The molecule has 18 heavy (non-hydrogen) atoms. The molecule has 0 saturated carbocycles. The molecule has 0 radical (unpaired) electrons. The van der Waals surface area contributed by atoms with Crippen LogP contribution in [0.2, 0.25) is 10.3 Å². The highest BCUT2D eigenvalue weighted by Crippen LogP contribution is 2.18. The Balaban J connectivity index is 2.17. The average molecular weight is 289 g/mol. The molecule has 5 nitrogen and oxygen atoms in total. The largest absolute Gasteiger partial charge is 0.337 e. The van der Waals surface area contributed by atoms with E-state index in [0.717, 1.165) is 26.1 Å². The van der Waals surface area contributed by atoms with Gasteiger partial charge in [0.1, 0.15) is 0 Å². The maximum atomic E-state index is 12.3. The lowest BCUT2D eigenvalue weighted by Crippen LogP contribution is -2.34. The highest BCUT2D eigenvalue weighted by molar-refractivity contribution is 6.34. The van der Waals surface area contributed by atoms with Crippen LogP contribution < -0.4 is 0 Å². The molecule has 0 unspecified atom stereocenters. The minimum atomic E-state index is -0.132. The van der Waals surface area contributed by atoms with Crippen LogP contribution in [0.1, 0.15) is 16.8 Å². The van der Waals surface area contributed by atoms with Gasteiger partial charge in [0, 0.05) is 19.6 Å². The van der Waals surface area contributed by atoms with Crippen molar-refractivity contribution in [2.75, 3.05) is 33.2 Å². The van der Waals surface area contributed by atoms with Gasteiger partial charge in [-0.05, 0) is 26.1 Å². The fourth-order valence-electron chi connectivity index (χ4n) is 1.92. The SMILES string of the molecule is CN1CCCN(C(=O)c2cc(Cl)nnc2Cl)CC1. The van der Waals surface area contributed by atoms with Crippen LogP contribution in [0.25, 0.3) is 0 Å². The molecule has 1 aliphatic heterocycles. The van der Waals surface area contributed by atoms with E-state index in [2.05, 4.69) is 15.1 Å². The maximum Gasteiger partial charge on any atom is 0.257 e. The summed E-state index contributed by atoms with van der Waals surface area (Å²) in [6, 6.07) is 1.47. The van der Waals surface area contributed by atoms with Gasteiger partial charge in [-0.1, -0.05) is 23.2 Å². The summed E-state index contributed by atoms with van der Waals surface area (Å²) in [5.41, 5.74) is 0.321. The van der Waals surface area contributed by atoms with Crippen molar-refractivity contribution < 1.29 is 4.79 Å². The van der Waals surface area contributed by atoms with E-state index in [1.54, 1.807) is 4.90 Å². The number of halogens is 2. The summed E-state index contributed by atoms with van der Waals surface area (Å²) in [7, 11) is 2.05. The number of aromatic nitrogens is 2. The monoisotopic (exact) mass is 288 g/mol. The lowest BCUT2D eigenvalue weighted by Gasteiger charge is -2.20. The van der Waals surface area contributed by atoms with E-state index in [4.69, 9.17) is 23.2 Å². The first-order chi connectivity index (χ1) is 8.58. The van der Waals surface area contributed by atoms with Crippen molar-refractivity contribution in [1.29, 1.82) is 0 Å². The van der Waals surface area contributed by atoms with Crippen molar-refractivity contribution in [1.82, 2.24) is 20.0 Å². The predicted octanol–water partition coefficient (Wildman–Crippen LogP) is 1.56. The number of carbonyl (C=O) groups is 1. The summed E-state index contributed by atoms with van der Waals surface area (Å²) >= 11 is 11.6. The first-order valence-electron chi connectivity index (χ1n) is 5.74. The summed E-state index contributed by atoms with van der Waals surface area (Å²) in [5.74, 6) is -0.132. The molecule has 1 aromatic rings. The molecule has 0 bridgehead atoms. The molecular formula is C11H14Cl2N4O. The molecule has 0 aliphatic carbocycles. The van der Waals surface area contributed by atoms with Crippen molar-refractivity contribution in [2.45, 2.75) is 6.42 Å². The summed E-state index contributed by atoms with van der Waals surface area (Å²) in [6.07, 6.45) is 0.950. The second kappa shape index (κ2) is 5.82. The van der Waals surface area contributed by atoms with Gasteiger partial charge in [-0.25, -0.2) is 0 Å². The number of likely N-dealkylation sites (N-methyl/N-ethyl adjacent to an activating group) is 1. The Hall–Kier alpha value is -0.910. The molecule has 1 saturated heterocycles. The summed E-state index contributed by atoms with van der Waals surface area (Å²) in [4.78, 5) is 16.3. The molecule has 0 N–H and O–H groups in total. The fraction of sp³-hybridized carbons (Fsp3) is 0.545. The third-order valence-electron chi connectivity index (χ3n) is 2.96. The van der Waals surface area contributed by atoms with Crippen LogP contribution in [0.15, 0.2) is 6.07 Å². The van der Waals surface area contributed by atoms with Gasteiger partial charge < -0.3 is 9.80 Å². The minimum Gasteiger partial charge on any atom is -0.337 e. The van der Waals surface area contributed by atoms with Gasteiger partial charge in [-0.2, -0.15) is 0 Å². The molecule has 2 rings (SSSR count). The number of amides is 1. The smallest absolute Gasteiger partial charge is 0.257 e. The van der Waals surface area contributed by atoms with Crippen LogP contribution in [-0.2, 0) is 0 Å². The quantitative estimate of drug-likeness (QED) is 0.787. The standard InChI is InChI=1S/C11H14Cl2N4O/c1-16-3-2-4-17(6-5-16)11(18)8-7-9(12)14-15-10(8)13/h7H,2-6H2,1H3. The molecule has 7 heteroatoms. The van der Waals surface area contributed by atoms with Crippen molar-refractivity contribution in [3.8, 4) is 0 Å². The van der Waals surface area contributed by atoms with Crippen LogP contribution in [0, 0.1) is 0 Å². The number of nitrogens with zero attached hydrogens (tertiary/aromatic N) is 4. The molecule has 0 spiro atoms. The molecule has 0 atom stereocenters. The molecule has 1 aliphatic rings. The Labute approximate surface area is 116 Å². The van der Waals surface area contributed by atoms with Gasteiger partial charge in [0.25, 0.3) is 5.91 Å². The average Bonchev–Trinajstić information content (AvgIpc) is 2.56. The van der Waals surface area contributed by atoms with Gasteiger partial charge in [0.2, 0.25) is 0 Å². The van der Waals surface area contributed by atoms with Gasteiger partial charge in [-0.3, -0.25) is 4.79 Å². The zero-order valence-corrected chi connectivity index (χ0v) is 11.6. The molecule has 1 fully saturated rings. The normalized spacial score (nSPS) is 17.6. The third kappa shape index (κ3) is 3.10. The van der Waals surface area contributed by atoms with E-state index in [-0.39, 0.29) is 16.2 Å². The van der Waals surface area contributed by atoms with Gasteiger partial charge in [0.05, 0.1) is 5.56 Å². The van der Waals surface area contributed by atoms with Crippen molar-refractivity contribution in [2.24, 2.45) is 0 Å². The third-order valence-corrected chi connectivity index (χ3v) is 3.42. The molecule has 2 heterocycles. The molecule has 0 aromatic carbocycles. The van der Waals surface area contributed by atoms with Crippen LogP contribution in [0.5, 0.6) is 0 Å². The van der Waals surface area contributed by atoms with Crippen LogP contribution in [0.3, 0.4) is 0 Å². The van der Waals surface area contributed by atoms with E-state index < -0.39 is 0 Å². The second-order valence-electron chi connectivity index (χ2n) is 4.32. The van der Waals surface area contributed by atoms with Crippen LogP contribution >= 0.6 is 23.2 Å². The van der Waals surface area contributed by atoms with Gasteiger partial charge in [0.15, 0.2) is 10.3 Å². The van der Waals surface area contributed by atoms with E-state index in [1.165, 1.54) is 6.07 Å². The maximum absolute atomic E-state index is 12.3. The zero-order valence-electron chi connectivity index (χ0n) is 10.1. The number of hydrogen-bond acceptors (Lipinski definition) is 4. The van der Waals surface area contributed by atoms with Crippen LogP contribution in [-0.4, -0.2) is 59.1 Å². The first-order valence-corrected chi connectivity index (χ1v) is 6.50. The lowest BCUT2D eigenvalue weighted by molar-refractivity contribution is 0.0762. The van der Waals surface area contributed by atoms with Crippen molar-refractivity contribution in [3.05, 3.63) is 21.9 Å². The summed E-state index contributed by atoms with van der Waals surface area (Å²) in [5, 5.41) is 7.54. The van der Waals surface area contributed by atoms with Crippen molar-refractivity contribution >= 4 is 29.1 Å². The van der Waals surface area contributed by atoms with E-state index >= 15 is 0 Å². The predicted molar refractivity (Wildman–Crippen MR) is 70.1 cm³/mol. The second-order valence-corrected chi connectivity index (χ2v) is 5.07. The Kier molecular flexibility index (Phi) is 4.37. The Morgan fingerprint density at radius 1 is 1.22 bits per heavy atom. The van der Waals surface area contributed by atoms with E-state index in [1.807, 2.05) is 7.05 Å². The first kappa shape index (κ1) is 13.5. The minimum absolute atomic E-state index is 0.0991. The van der Waals surface area contributed by atoms with Crippen molar-refractivity contribution in [3.63, 3.8) is 0 Å². The Morgan fingerprint density at radius 2 is 2.00 bits per heavy atom. The highest BCUT2D eigenvalue weighted by atomic mass is 35.5. The number of carbonyl (C=O) groups excluding carboxylic acids is 1. The molecule has 98 valence electrons.